The van der Waals surface area contributed by atoms with Crippen molar-refractivity contribution in [3.63, 3.8) is 0 Å². The molecule has 1 atom stereocenters. The summed E-state index contributed by atoms with van der Waals surface area (Å²) in [6, 6.07) is 2.72. The Balaban J connectivity index is 3.02. The molecule has 1 aromatic rings. The third kappa shape index (κ3) is 3.08. The first-order valence-electron chi connectivity index (χ1n) is 5.91. The zero-order chi connectivity index (χ0) is 12.3. The summed E-state index contributed by atoms with van der Waals surface area (Å²) in [5.41, 5.74) is 0.298. The summed E-state index contributed by atoms with van der Waals surface area (Å²) in [7, 11) is 0. The molecule has 0 amide bonds. The Kier molecular flexibility index (Phi) is 5.02. The zero-order valence-electron chi connectivity index (χ0n) is 10.9. The second-order valence-electron chi connectivity index (χ2n) is 4.89. The predicted molar refractivity (Wildman–Crippen MR) is 77.2 cm³/mol. The van der Waals surface area contributed by atoms with Crippen molar-refractivity contribution in [3.8, 4) is 0 Å². The fraction of sp³-hybridized carbons (Fsp3) is 0.692. The quantitative estimate of drug-likeness (QED) is 0.815. The summed E-state index contributed by atoms with van der Waals surface area (Å²) < 4.78 is 1.24. The summed E-state index contributed by atoms with van der Waals surface area (Å²) in [5, 5.41) is 3.62. The smallest absolute Gasteiger partial charge is 0.0466 e. The number of hydrogen-bond acceptors (Lipinski definition) is 2. The van der Waals surface area contributed by atoms with E-state index in [0.29, 0.717) is 11.5 Å². The highest BCUT2D eigenvalue weighted by atomic mass is 79.9. The molecule has 1 rings (SSSR count). The highest BCUT2D eigenvalue weighted by molar-refractivity contribution is 9.10. The molecule has 0 aliphatic heterocycles. The molecular weight excluding hydrogens is 282 g/mol. The van der Waals surface area contributed by atoms with E-state index >= 15 is 0 Å². The van der Waals surface area contributed by atoms with Crippen LogP contribution in [0.4, 0.5) is 0 Å². The van der Waals surface area contributed by atoms with Crippen LogP contribution in [0.3, 0.4) is 0 Å². The molecule has 1 nitrogen and oxygen atoms in total. The Hall–Kier alpha value is 0.140. The molecule has 0 bridgehead atoms. The third-order valence-corrected chi connectivity index (χ3v) is 5.46. The summed E-state index contributed by atoms with van der Waals surface area (Å²) in [5.74, 6) is 0. The van der Waals surface area contributed by atoms with Gasteiger partial charge in [0.25, 0.3) is 0 Å². The van der Waals surface area contributed by atoms with Crippen molar-refractivity contribution in [2.75, 3.05) is 6.54 Å². The van der Waals surface area contributed by atoms with Gasteiger partial charge in [0.2, 0.25) is 0 Å². The van der Waals surface area contributed by atoms with Gasteiger partial charge in [-0.25, -0.2) is 0 Å². The molecule has 1 unspecified atom stereocenters. The lowest BCUT2D eigenvalue weighted by atomic mass is 9.81. The minimum absolute atomic E-state index is 0.298. The molecule has 1 N–H and O–H groups in total. The highest BCUT2D eigenvalue weighted by Crippen LogP contribution is 2.41. The van der Waals surface area contributed by atoms with E-state index in [1.807, 2.05) is 11.3 Å². The normalized spacial score (nSPS) is 14.1. The second-order valence-corrected chi connectivity index (χ2v) is 7.03. The van der Waals surface area contributed by atoms with E-state index in [1.165, 1.54) is 20.6 Å². The van der Waals surface area contributed by atoms with Crippen LogP contribution in [0.15, 0.2) is 10.5 Å². The molecule has 0 aromatic carbocycles. The van der Waals surface area contributed by atoms with Crippen LogP contribution in [0.1, 0.15) is 49.9 Å². The van der Waals surface area contributed by atoms with Gasteiger partial charge in [-0.3, -0.25) is 0 Å². The third-order valence-electron chi connectivity index (χ3n) is 3.26. The summed E-state index contributed by atoms with van der Waals surface area (Å²) >= 11 is 5.50. The number of thiophene rings is 1. The van der Waals surface area contributed by atoms with Gasteiger partial charge in [-0.2, -0.15) is 0 Å². The van der Waals surface area contributed by atoms with Crippen LogP contribution < -0.4 is 5.32 Å². The molecule has 16 heavy (non-hydrogen) atoms. The molecule has 1 aromatic heterocycles. The van der Waals surface area contributed by atoms with Gasteiger partial charge in [-0.15, -0.1) is 11.3 Å². The maximum Gasteiger partial charge on any atom is 0.0466 e. The van der Waals surface area contributed by atoms with Crippen LogP contribution in [0, 0.1) is 12.3 Å². The van der Waals surface area contributed by atoms with Crippen molar-refractivity contribution < 1.29 is 0 Å². The minimum Gasteiger partial charge on any atom is -0.309 e. The lowest BCUT2D eigenvalue weighted by Gasteiger charge is -2.33. The van der Waals surface area contributed by atoms with Crippen molar-refractivity contribution in [1.29, 1.82) is 0 Å². The topological polar surface area (TPSA) is 12.0 Å². The molecule has 3 heteroatoms. The van der Waals surface area contributed by atoms with E-state index < -0.39 is 0 Å². The van der Waals surface area contributed by atoms with Crippen LogP contribution in [-0.2, 0) is 0 Å². The van der Waals surface area contributed by atoms with Crippen molar-refractivity contribution >= 4 is 27.3 Å². The number of rotatable bonds is 5. The van der Waals surface area contributed by atoms with Gasteiger partial charge in [0.15, 0.2) is 0 Å². The monoisotopic (exact) mass is 303 g/mol. The van der Waals surface area contributed by atoms with Crippen LogP contribution >= 0.6 is 27.3 Å². The first kappa shape index (κ1) is 14.2. The van der Waals surface area contributed by atoms with Gasteiger partial charge in [-0.1, -0.05) is 27.7 Å². The standard InChI is InChI=1S/C13H22BrNS/c1-6-13(4,5)12(15-7-2)11-8-10(14)9(3)16-11/h8,12,15H,6-7H2,1-5H3. The van der Waals surface area contributed by atoms with Gasteiger partial charge in [-0.05, 0) is 47.3 Å². The molecular formula is C13H22BrNS. The second kappa shape index (κ2) is 5.65. The van der Waals surface area contributed by atoms with Crippen LogP contribution in [0.5, 0.6) is 0 Å². The van der Waals surface area contributed by atoms with Crippen LogP contribution in [-0.4, -0.2) is 6.54 Å². The number of nitrogens with one attached hydrogen (secondary N) is 1. The van der Waals surface area contributed by atoms with Crippen molar-refractivity contribution in [3.05, 3.63) is 20.3 Å². The molecule has 0 aliphatic rings. The molecule has 0 aliphatic carbocycles. The summed E-state index contributed by atoms with van der Waals surface area (Å²) in [4.78, 5) is 2.81. The Morgan fingerprint density at radius 2 is 2.06 bits per heavy atom. The summed E-state index contributed by atoms with van der Waals surface area (Å²) in [6.07, 6.45) is 1.18. The highest BCUT2D eigenvalue weighted by Gasteiger charge is 2.29. The fourth-order valence-electron chi connectivity index (χ4n) is 1.79. The minimum atomic E-state index is 0.298. The van der Waals surface area contributed by atoms with Crippen LogP contribution in [0.2, 0.25) is 0 Å². The number of hydrogen-bond donors (Lipinski definition) is 1. The summed E-state index contributed by atoms with van der Waals surface area (Å²) in [6.45, 7) is 12.3. The molecule has 0 saturated heterocycles. The van der Waals surface area contributed by atoms with Crippen molar-refractivity contribution in [1.82, 2.24) is 5.32 Å². The Labute approximate surface area is 112 Å². The largest absolute Gasteiger partial charge is 0.309 e. The van der Waals surface area contributed by atoms with Crippen molar-refractivity contribution in [2.24, 2.45) is 5.41 Å². The molecule has 0 saturated carbocycles. The average molecular weight is 304 g/mol. The first-order chi connectivity index (χ1) is 7.42. The predicted octanol–water partition coefficient (Wildman–Crippen LogP) is 4.91. The molecule has 0 fully saturated rings. The van der Waals surface area contributed by atoms with Crippen LogP contribution in [0.25, 0.3) is 0 Å². The van der Waals surface area contributed by atoms with E-state index in [-0.39, 0.29) is 0 Å². The van der Waals surface area contributed by atoms with Gasteiger partial charge >= 0.3 is 0 Å². The molecule has 92 valence electrons. The van der Waals surface area contributed by atoms with Gasteiger partial charge < -0.3 is 5.32 Å². The fourth-order valence-corrected chi connectivity index (χ4v) is 3.64. The van der Waals surface area contributed by atoms with E-state index in [0.717, 1.165) is 6.54 Å². The molecule has 0 radical (unpaired) electrons. The van der Waals surface area contributed by atoms with Gasteiger partial charge in [0, 0.05) is 20.3 Å². The lowest BCUT2D eigenvalue weighted by Crippen LogP contribution is -2.33. The number of aryl methyl sites for hydroxylation is 1. The maximum absolute atomic E-state index is 3.62. The average Bonchev–Trinajstić information content (AvgIpc) is 2.55. The first-order valence-corrected chi connectivity index (χ1v) is 7.52. The van der Waals surface area contributed by atoms with E-state index in [4.69, 9.17) is 0 Å². The zero-order valence-corrected chi connectivity index (χ0v) is 13.3. The Morgan fingerprint density at radius 1 is 1.44 bits per heavy atom. The Bertz CT molecular complexity index is 324. The van der Waals surface area contributed by atoms with Gasteiger partial charge in [0.1, 0.15) is 0 Å². The Morgan fingerprint density at radius 3 is 2.44 bits per heavy atom. The van der Waals surface area contributed by atoms with Gasteiger partial charge in [0.05, 0.1) is 0 Å². The molecule has 1 heterocycles. The van der Waals surface area contributed by atoms with E-state index in [9.17, 15) is 0 Å². The molecule has 0 spiro atoms. The van der Waals surface area contributed by atoms with E-state index in [2.05, 4.69) is 61.9 Å². The van der Waals surface area contributed by atoms with E-state index in [1.54, 1.807) is 0 Å². The maximum atomic E-state index is 3.62. The number of halogens is 1. The lowest BCUT2D eigenvalue weighted by molar-refractivity contribution is 0.240. The van der Waals surface area contributed by atoms with Crippen molar-refractivity contribution in [2.45, 2.75) is 47.1 Å². The SMILES string of the molecule is CCNC(c1cc(Br)c(C)s1)C(C)(C)CC.